The average Bonchev–Trinajstić information content (AvgIpc) is 2.62. The van der Waals surface area contributed by atoms with Crippen LogP contribution in [0.4, 0.5) is 10.1 Å². The van der Waals surface area contributed by atoms with Gasteiger partial charge in [0.15, 0.2) is 0 Å². The van der Waals surface area contributed by atoms with Crippen molar-refractivity contribution >= 4 is 17.6 Å². The van der Waals surface area contributed by atoms with Crippen molar-refractivity contribution in [2.24, 2.45) is 0 Å². The van der Waals surface area contributed by atoms with Crippen molar-refractivity contribution in [3.8, 4) is 0 Å². The van der Waals surface area contributed by atoms with E-state index in [0.717, 1.165) is 5.69 Å². The van der Waals surface area contributed by atoms with Crippen molar-refractivity contribution in [2.45, 2.75) is 19.9 Å². The van der Waals surface area contributed by atoms with Crippen LogP contribution in [0.5, 0.6) is 0 Å². The summed E-state index contributed by atoms with van der Waals surface area (Å²) < 4.78 is 18.4. The Morgan fingerprint density at radius 3 is 2.48 bits per heavy atom. The summed E-state index contributed by atoms with van der Waals surface area (Å²) in [6.45, 7) is 2.69. The highest BCUT2D eigenvalue weighted by Crippen LogP contribution is 2.10. The lowest BCUT2D eigenvalue weighted by Crippen LogP contribution is -2.25. The molecule has 2 aromatic carbocycles. The Bertz CT molecular complexity index is 717. The molecule has 0 radical (unpaired) electrons. The number of hydrogen-bond donors (Lipinski definition) is 2. The Morgan fingerprint density at radius 2 is 1.80 bits per heavy atom. The first kappa shape index (κ1) is 18.4. The quantitative estimate of drug-likeness (QED) is 0.722. The molecule has 25 heavy (non-hydrogen) atoms. The fourth-order valence-electron chi connectivity index (χ4n) is 2.18. The molecule has 0 spiro atoms. The highest BCUT2D eigenvalue weighted by atomic mass is 19.1. The molecular weight excluding hydrogens is 323 g/mol. The van der Waals surface area contributed by atoms with E-state index in [1.165, 1.54) is 6.07 Å². The van der Waals surface area contributed by atoms with Gasteiger partial charge in [0.1, 0.15) is 5.82 Å². The third kappa shape index (κ3) is 5.91. The number of benzene rings is 2. The molecule has 0 saturated carbocycles. The van der Waals surface area contributed by atoms with Crippen LogP contribution in [0, 0.1) is 5.82 Å². The van der Waals surface area contributed by atoms with Gasteiger partial charge in [-0.1, -0.05) is 18.2 Å². The van der Waals surface area contributed by atoms with E-state index in [1.807, 2.05) is 0 Å². The van der Waals surface area contributed by atoms with Crippen LogP contribution in [0.15, 0.2) is 48.5 Å². The van der Waals surface area contributed by atoms with Crippen LogP contribution in [-0.4, -0.2) is 25.0 Å². The number of esters is 1. The predicted molar refractivity (Wildman–Crippen MR) is 93.8 cm³/mol. The van der Waals surface area contributed by atoms with Crippen LogP contribution < -0.4 is 10.6 Å². The summed E-state index contributed by atoms with van der Waals surface area (Å²) >= 11 is 0. The lowest BCUT2D eigenvalue weighted by atomic mass is 10.2. The maximum Gasteiger partial charge on any atom is 0.338 e. The van der Waals surface area contributed by atoms with Crippen molar-refractivity contribution in [1.29, 1.82) is 0 Å². The second kappa shape index (κ2) is 9.42. The molecule has 0 saturated heterocycles. The van der Waals surface area contributed by atoms with E-state index < -0.39 is 0 Å². The van der Waals surface area contributed by atoms with Gasteiger partial charge in [-0.2, -0.15) is 0 Å². The molecule has 5 nitrogen and oxygen atoms in total. The number of rotatable bonds is 8. The maximum atomic E-state index is 13.5. The maximum absolute atomic E-state index is 13.5. The number of ether oxygens (including phenoxy) is 1. The van der Waals surface area contributed by atoms with Crippen LogP contribution in [0.25, 0.3) is 0 Å². The molecule has 0 atom stereocenters. The summed E-state index contributed by atoms with van der Waals surface area (Å²) in [6.07, 6.45) is 0.258. The first-order valence-electron chi connectivity index (χ1n) is 8.11. The van der Waals surface area contributed by atoms with E-state index in [0.29, 0.717) is 24.3 Å². The molecule has 0 unspecified atom stereocenters. The molecule has 0 aromatic heterocycles. The fraction of sp³-hybridized carbons (Fsp3) is 0.263. The van der Waals surface area contributed by atoms with Crippen molar-refractivity contribution in [3.63, 3.8) is 0 Å². The summed E-state index contributed by atoms with van der Waals surface area (Å²) in [5.41, 5.74) is 1.74. The van der Waals surface area contributed by atoms with Crippen molar-refractivity contribution in [2.75, 3.05) is 18.5 Å². The van der Waals surface area contributed by atoms with Gasteiger partial charge in [-0.25, -0.2) is 9.18 Å². The topological polar surface area (TPSA) is 67.4 Å². The van der Waals surface area contributed by atoms with Crippen molar-refractivity contribution in [3.05, 3.63) is 65.5 Å². The normalized spacial score (nSPS) is 10.2. The summed E-state index contributed by atoms with van der Waals surface area (Å²) in [7, 11) is 0. The average molecular weight is 344 g/mol. The van der Waals surface area contributed by atoms with Gasteiger partial charge < -0.3 is 15.4 Å². The Morgan fingerprint density at radius 1 is 1.08 bits per heavy atom. The largest absolute Gasteiger partial charge is 0.462 e. The van der Waals surface area contributed by atoms with Gasteiger partial charge >= 0.3 is 5.97 Å². The molecule has 0 bridgehead atoms. The molecule has 0 aliphatic heterocycles. The zero-order chi connectivity index (χ0) is 18.1. The van der Waals surface area contributed by atoms with Crippen LogP contribution in [0.2, 0.25) is 0 Å². The summed E-state index contributed by atoms with van der Waals surface area (Å²) in [6, 6.07) is 13.2. The lowest BCUT2D eigenvalue weighted by Gasteiger charge is -2.09. The molecule has 132 valence electrons. The van der Waals surface area contributed by atoms with Crippen molar-refractivity contribution in [1.82, 2.24) is 5.32 Å². The van der Waals surface area contributed by atoms with E-state index >= 15 is 0 Å². The SMILES string of the molecule is CCOC(=O)c1ccc(NCCC(=O)NCc2ccccc2F)cc1. The molecule has 2 rings (SSSR count). The van der Waals surface area contributed by atoms with Gasteiger partial charge in [0.25, 0.3) is 0 Å². The molecule has 1 amide bonds. The van der Waals surface area contributed by atoms with Crippen LogP contribution in [-0.2, 0) is 16.1 Å². The van der Waals surface area contributed by atoms with E-state index in [1.54, 1.807) is 49.4 Å². The van der Waals surface area contributed by atoms with Crippen molar-refractivity contribution < 1.29 is 18.7 Å². The van der Waals surface area contributed by atoms with E-state index in [9.17, 15) is 14.0 Å². The van der Waals surface area contributed by atoms with Crippen LogP contribution in [0.3, 0.4) is 0 Å². The summed E-state index contributed by atoms with van der Waals surface area (Å²) in [5.74, 6) is -0.858. The molecule has 2 N–H and O–H groups in total. The second-order valence-electron chi connectivity index (χ2n) is 5.34. The van der Waals surface area contributed by atoms with Gasteiger partial charge in [0.2, 0.25) is 5.91 Å². The number of carbonyl (C=O) groups excluding carboxylic acids is 2. The third-order valence-electron chi connectivity index (χ3n) is 3.51. The van der Waals surface area contributed by atoms with Crippen LogP contribution in [0.1, 0.15) is 29.3 Å². The molecule has 0 aliphatic rings. The Balaban J connectivity index is 1.72. The highest BCUT2D eigenvalue weighted by molar-refractivity contribution is 5.89. The zero-order valence-corrected chi connectivity index (χ0v) is 14.0. The Labute approximate surface area is 146 Å². The number of nitrogens with one attached hydrogen (secondary N) is 2. The Hall–Kier alpha value is -2.89. The second-order valence-corrected chi connectivity index (χ2v) is 5.34. The van der Waals surface area contributed by atoms with E-state index in [-0.39, 0.29) is 30.7 Å². The number of halogens is 1. The summed E-state index contributed by atoms with van der Waals surface area (Å²) in [5, 5.41) is 5.78. The first-order chi connectivity index (χ1) is 12.1. The van der Waals surface area contributed by atoms with Gasteiger partial charge in [-0.3, -0.25) is 4.79 Å². The van der Waals surface area contributed by atoms with Crippen LogP contribution >= 0.6 is 0 Å². The van der Waals surface area contributed by atoms with Gasteiger partial charge in [0.05, 0.1) is 12.2 Å². The van der Waals surface area contributed by atoms with Gasteiger partial charge in [-0.15, -0.1) is 0 Å². The molecule has 6 heteroatoms. The molecular formula is C19H21FN2O3. The summed E-state index contributed by atoms with van der Waals surface area (Å²) in [4.78, 5) is 23.3. The smallest absolute Gasteiger partial charge is 0.338 e. The van der Waals surface area contributed by atoms with E-state index in [4.69, 9.17) is 4.74 Å². The lowest BCUT2D eigenvalue weighted by molar-refractivity contribution is -0.121. The minimum Gasteiger partial charge on any atom is -0.462 e. The monoisotopic (exact) mass is 344 g/mol. The minimum absolute atomic E-state index is 0.166. The van der Waals surface area contributed by atoms with Gasteiger partial charge in [-0.05, 0) is 37.3 Å². The Kier molecular flexibility index (Phi) is 6.95. The number of carbonyl (C=O) groups is 2. The minimum atomic E-state index is -0.360. The highest BCUT2D eigenvalue weighted by Gasteiger charge is 2.06. The first-order valence-corrected chi connectivity index (χ1v) is 8.11. The number of amides is 1. The molecule has 2 aromatic rings. The molecule has 0 aliphatic carbocycles. The predicted octanol–water partition coefficient (Wildman–Crippen LogP) is 3.12. The number of hydrogen-bond acceptors (Lipinski definition) is 4. The zero-order valence-electron chi connectivity index (χ0n) is 14.0. The third-order valence-corrected chi connectivity index (χ3v) is 3.51. The standard InChI is InChI=1S/C19H21FN2O3/c1-2-25-19(24)14-7-9-16(10-8-14)21-12-11-18(23)22-13-15-5-3-4-6-17(15)20/h3-10,21H,2,11-13H2,1H3,(H,22,23). The fourth-order valence-corrected chi connectivity index (χ4v) is 2.18. The number of anilines is 1. The molecule has 0 fully saturated rings. The van der Waals surface area contributed by atoms with Gasteiger partial charge in [0, 0.05) is 30.8 Å². The van der Waals surface area contributed by atoms with E-state index in [2.05, 4.69) is 10.6 Å². The molecule has 0 heterocycles.